The maximum atomic E-state index is 13.3. The van der Waals surface area contributed by atoms with E-state index < -0.39 is 29.9 Å². The first-order valence-corrected chi connectivity index (χ1v) is 20.0. The highest BCUT2D eigenvalue weighted by atomic mass is 16.6. The van der Waals surface area contributed by atoms with Crippen LogP contribution in [0.2, 0.25) is 0 Å². The van der Waals surface area contributed by atoms with Crippen molar-refractivity contribution in [1.82, 2.24) is 21.3 Å². The molecule has 1 rings (SSSR count). The highest BCUT2D eigenvalue weighted by Gasteiger charge is 2.28. The number of hydrogen-bond acceptors (Lipinski definition) is 14. The molecule has 0 saturated heterocycles. The molecular weight excluding hydrogens is 760 g/mol. The zero-order valence-corrected chi connectivity index (χ0v) is 35.0. The molecule has 334 valence electrons. The Morgan fingerprint density at radius 1 is 0.621 bits per heavy atom. The normalized spacial score (nSPS) is 12.3. The Morgan fingerprint density at radius 3 is 1.52 bits per heavy atom. The third-order valence-corrected chi connectivity index (χ3v) is 7.97. The summed E-state index contributed by atoms with van der Waals surface area (Å²) in [5, 5.41) is 13.8. The summed E-state index contributed by atoms with van der Waals surface area (Å²) in [6, 6.07) is 4.61. The van der Waals surface area contributed by atoms with Gasteiger partial charge in [0.05, 0.1) is 112 Å². The molecule has 0 spiro atoms. The number of primary amides is 1. The fourth-order valence-corrected chi connectivity index (χ4v) is 4.89. The summed E-state index contributed by atoms with van der Waals surface area (Å²) < 4.78 is 48.8. The maximum Gasteiger partial charge on any atom is 0.312 e. The number of carbonyl (C=O) groups excluding carboxylic acids is 4. The lowest BCUT2D eigenvalue weighted by molar-refractivity contribution is -0.132. The molecule has 1 aromatic rings. The molecule has 0 aromatic heterocycles. The maximum absolute atomic E-state index is 13.3. The largest absolute Gasteiger partial charge is 0.380 e. The molecule has 19 nitrogen and oxygen atoms in total. The van der Waals surface area contributed by atoms with E-state index in [9.17, 15) is 19.2 Å². The van der Waals surface area contributed by atoms with Crippen LogP contribution in [0.3, 0.4) is 0 Å². The van der Waals surface area contributed by atoms with Crippen molar-refractivity contribution < 1.29 is 61.8 Å². The van der Waals surface area contributed by atoms with Crippen LogP contribution in [0.5, 0.6) is 0 Å². The third kappa shape index (κ3) is 29.7. The van der Waals surface area contributed by atoms with Gasteiger partial charge in [0.25, 0.3) is 0 Å². The van der Waals surface area contributed by atoms with E-state index in [1.165, 1.54) is 0 Å². The predicted octanol–water partition coefficient (Wildman–Crippen LogP) is 0.588. The molecular formula is C39H70N6O13. The van der Waals surface area contributed by atoms with Crippen molar-refractivity contribution in [1.29, 1.82) is 0 Å². The van der Waals surface area contributed by atoms with Crippen LogP contribution in [0.4, 0.5) is 10.5 Å². The van der Waals surface area contributed by atoms with Gasteiger partial charge in [0.2, 0.25) is 17.7 Å². The van der Waals surface area contributed by atoms with Crippen molar-refractivity contribution >= 4 is 29.4 Å². The number of nitrogens with one attached hydrogen (secondary N) is 5. The molecule has 0 fully saturated rings. The van der Waals surface area contributed by atoms with Gasteiger partial charge in [0.1, 0.15) is 12.1 Å². The van der Waals surface area contributed by atoms with Crippen LogP contribution in [0.15, 0.2) is 24.3 Å². The van der Waals surface area contributed by atoms with Crippen LogP contribution < -0.4 is 32.3 Å². The van der Waals surface area contributed by atoms with Crippen LogP contribution in [0, 0.1) is 5.92 Å². The average molecular weight is 831 g/mol. The number of benzene rings is 1. The van der Waals surface area contributed by atoms with Gasteiger partial charge in [-0.05, 0) is 43.5 Å². The predicted molar refractivity (Wildman–Crippen MR) is 216 cm³/mol. The van der Waals surface area contributed by atoms with Gasteiger partial charge in [0.15, 0.2) is 0 Å². The van der Waals surface area contributed by atoms with Gasteiger partial charge in [-0.15, -0.1) is 0 Å². The highest BCUT2D eigenvalue weighted by Crippen LogP contribution is 2.12. The molecule has 1 aromatic carbocycles. The second-order valence-electron chi connectivity index (χ2n) is 13.2. The van der Waals surface area contributed by atoms with Crippen LogP contribution in [-0.2, 0) is 63.6 Å². The van der Waals surface area contributed by atoms with Crippen LogP contribution >= 0.6 is 0 Å². The molecule has 58 heavy (non-hydrogen) atoms. The van der Waals surface area contributed by atoms with E-state index >= 15 is 0 Å². The molecule has 5 amide bonds. The summed E-state index contributed by atoms with van der Waals surface area (Å²) in [5.74, 6) is -1.59. The quantitative estimate of drug-likeness (QED) is 0.0499. The molecule has 0 aliphatic rings. The van der Waals surface area contributed by atoms with Crippen molar-refractivity contribution in [2.75, 3.05) is 138 Å². The van der Waals surface area contributed by atoms with E-state index in [4.69, 9.17) is 48.4 Å². The number of urea groups is 1. The number of ether oxygens (including phenoxy) is 9. The first-order chi connectivity index (χ1) is 28.2. The molecule has 2 atom stereocenters. The number of likely N-dealkylation sites (N-methyl/N-ethyl adjacent to an activating group) is 1. The Labute approximate surface area is 343 Å². The van der Waals surface area contributed by atoms with E-state index in [0.29, 0.717) is 111 Å². The van der Waals surface area contributed by atoms with Crippen LogP contribution in [0.1, 0.15) is 38.7 Å². The van der Waals surface area contributed by atoms with Crippen molar-refractivity contribution in [3.8, 4) is 0 Å². The molecule has 0 aliphatic carbocycles. The topological polar surface area (TPSA) is 238 Å². The first-order valence-electron chi connectivity index (χ1n) is 20.0. The van der Waals surface area contributed by atoms with E-state index in [1.54, 1.807) is 33.1 Å². The number of methoxy groups -OCH3 is 1. The van der Waals surface area contributed by atoms with Gasteiger partial charge in [-0.25, -0.2) is 4.79 Å². The molecule has 0 radical (unpaired) electrons. The highest BCUT2D eigenvalue weighted by molar-refractivity contribution is 5.98. The first kappa shape index (κ1) is 52.5. The summed E-state index contributed by atoms with van der Waals surface area (Å²) in [5.41, 5.74) is 6.63. The number of nitrogens with two attached hydrogens (primary N) is 1. The minimum atomic E-state index is -0.940. The van der Waals surface area contributed by atoms with E-state index in [1.807, 2.05) is 19.2 Å². The minimum Gasteiger partial charge on any atom is -0.380 e. The number of hydrogen-bond donors (Lipinski definition) is 6. The molecule has 7 N–H and O–H groups in total. The molecule has 19 heteroatoms. The van der Waals surface area contributed by atoms with Gasteiger partial charge in [-0.3, -0.25) is 14.4 Å². The van der Waals surface area contributed by atoms with Gasteiger partial charge in [0, 0.05) is 32.3 Å². The van der Waals surface area contributed by atoms with E-state index in [2.05, 4.69) is 26.6 Å². The molecule has 0 unspecified atom stereocenters. The second-order valence-corrected chi connectivity index (χ2v) is 13.2. The monoisotopic (exact) mass is 831 g/mol. The summed E-state index contributed by atoms with van der Waals surface area (Å²) >= 11 is 0. The van der Waals surface area contributed by atoms with Crippen LogP contribution in [-0.4, -0.2) is 169 Å². The van der Waals surface area contributed by atoms with Crippen molar-refractivity contribution in [2.45, 2.75) is 51.8 Å². The average Bonchev–Trinajstić information content (AvgIpc) is 3.20. The lowest BCUT2D eigenvalue weighted by Gasteiger charge is -2.25. The molecule has 0 aliphatic heterocycles. The SMILES string of the molecule is CNCCOCCOCCOCCOCCOCCOCCOCCOCCC(=O)N[C@H](C(=O)N[C@@H](CCCNC(N)=O)C(=O)Nc1ccc(COC)cc1)C(C)C. The lowest BCUT2D eigenvalue weighted by atomic mass is 10.0. The standard InChI is InChI=1S/C39H70N6O13/c1-31(2)36(38(48)44-34(6-5-12-42-39(40)49)37(47)43-33-9-7-32(8-10-33)30-50-4)45-35(46)11-14-51-16-18-53-20-22-55-24-26-57-28-29-58-27-25-56-23-21-54-19-17-52-15-13-41-3/h7-10,31,34,36,41H,5-6,11-30H2,1-4H3,(H,43,47)(H,44,48)(H,45,46)(H3,40,42,49)/t34-,36-/m0/s1. The third-order valence-electron chi connectivity index (χ3n) is 7.97. The van der Waals surface area contributed by atoms with Crippen LogP contribution in [0.25, 0.3) is 0 Å². The van der Waals surface area contributed by atoms with Gasteiger partial charge in [-0.2, -0.15) is 0 Å². The van der Waals surface area contributed by atoms with Gasteiger partial charge in [-0.1, -0.05) is 26.0 Å². The van der Waals surface area contributed by atoms with Gasteiger partial charge < -0.3 is 74.9 Å². The number of amides is 5. The molecule has 0 heterocycles. The Morgan fingerprint density at radius 2 is 1.09 bits per heavy atom. The lowest BCUT2D eigenvalue weighted by Crippen LogP contribution is -2.54. The number of rotatable bonds is 39. The minimum absolute atomic E-state index is 0.0318. The number of anilines is 1. The fourth-order valence-electron chi connectivity index (χ4n) is 4.89. The Hall–Kier alpha value is -3.50. The zero-order valence-electron chi connectivity index (χ0n) is 35.0. The Balaban J connectivity index is 2.16. The second kappa shape index (κ2) is 36.6. The Kier molecular flexibility index (Phi) is 33.1. The smallest absolute Gasteiger partial charge is 0.312 e. The summed E-state index contributed by atoms with van der Waals surface area (Å²) in [6.07, 6.45) is 0.622. The summed E-state index contributed by atoms with van der Waals surface area (Å²) in [6.45, 7) is 12.2. The summed E-state index contributed by atoms with van der Waals surface area (Å²) in [4.78, 5) is 50.4. The zero-order chi connectivity index (χ0) is 42.5. The van der Waals surface area contributed by atoms with Gasteiger partial charge >= 0.3 is 6.03 Å². The van der Waals surface area contributed by atoms with Crippen molar-refractivity contribution in [3.05, 3.63) is 29.8 Å². The van der Waals surface area contributed by atoms with Crippen molar-refractivity contribution in [3.63, 3.8) is 0 Å². The molecule has 0 saturated carbocycles. The molecule has 0 bridgehead atoms. The fraction of sp³-hybridized carbons (Fsp3) is 0.744. The Bertz CT molecular complexity index is 1200. The summed E-state index contributed by atoms with van der Waals surface area (Å²) in [7, 11) is 3.48. The van der Waals surface area contributed by atoms with E-state index in [0.717, 1.165) is 12.1 Å². The van der Waals surface area contributed by atoms with Crippen molar-refractivity contribution in [2.24, 2.45) is 11.7 Å². The number of carbonyl (C=O) groups is 4. The van der Waals surface area contributed by atoms with E-state index in [-0.39, 0.29) is 44.4 Å².